The number of hydrogen-bond donors (Lipinski definition) is 3. The van der Waals surface area contributed by atoms with Gasteiger partial charge in [0.05, 0.1) is 19.1 Å². The monoisotopic (exact) mass is 265 g/mol. The zero-order valence-electron chi connectivity index (χ0n) is 11.1. The molecule has 1 aromatic carbocycles. The summed E-state index contributed by atoms with van der Waals surface area (Å²) >= 11 is 0. The number of para-hydroxylation sites is 1. The summed E-state index contributed by atoms with van der Waals surface area (Å²) in [6.07, 6.45) is 0.0874. The lowest BCUT2D eigenvalue weighted by Gasteiger charge is -2.15. The Bertz CT molecular complexity index is 449. The van der Waals surface area contributed by atoms with E-state index in [0.717, 1.165) is 0 Å². The third kappa shape index (κ3) is 5.39. The first-order valence-electron chi connectivity index (χ1n) is 5.95. The van der Waals surface area contributed by atoms with E-state index in [1.165, 1.54) is 0 Å². The van der Waals surface area contributed by atoms with Gasteiger partial charge >= 0.3 is 6.03 Å². The number of amides is 3. The predicted octanol–water partition coefficient (Wildman–Crippen LogP) is 0.871. The summed E-state index contributed by atoms with van der Waals surface area (Å²) in [5, 5.41) is 5.41. The third-order valence-corrected chi connectivity index (χ3v) is 2.42. The minimum Gasteiger partial charge on any atom is -0.383 e. The normalized spacial score (nSPS) is 11.7. The SMILES string of the molecule is COCC(C)NC(=O)Nc1ccccc1CC(N)=O. The number of nitrogens with one attached hydrogen (secondary N) is 2. The molecule has 4 N–H and O–H groups in total. The fourth-order valence-corrected chi connectivity index (χ4v) is 1.66. The molecule has 1 aromatic rings. The van der Waals surface area contributed by atoms with Gasteiger partial charge in [0.2, 0.25) is 5.91 Å². The summed E-state index contributed by atoms with van der Waals surface area (Å²) in [7, 11) is 1.57. The molecular formula is C13H19N3O3. The quantitative estimate of drug-likeness (QED) is 0.712. The highest BCUT2D eigenvalue weighted by Crippen LogP contribution is 2.15. The van der Waals surface area contributed by atoms with Crippen LogP contribution in [0.5, 0.6) is 0 Å². The van der Waals surface area contributed by atoms with Crippen LogP contribution in [0.3, 0.4) is 0 Å². The van der Waals surface area contributed by atoms with Crippen LogP contribution in [-0.2, 0) is 16.0 Å². The third-order valence-electron chi connectivity index (χ3n) is 2.42. The van der Waals surface area contributed by atoms with Crippen LogP contribution in [0.15, 0.2) is 24.3 Å². The van der Waals surface area contributed by atoms with Crippen molar-refractivity contribution in [2.75, 3.05) is 19.0 Å². The number of carbonyl (C=O) groups is 2. The van der Waals surface area contributed by atoms with Gasteiger partial charge in [-0.2, -0.15) is 0 Å². The van der Waals surface area contributed by atoms with Crippen LogP contribution < -0.4 is 16.4 Å². The number of nitrogens with two attached hydrogens (primary N) is 1. The second-order valence-electron chi connectivity index (χ2n) is 4.26. The molecule has 0 bridgehead atoms. The van der Waals surface area contributed by atoms with Crippen molar-refractivity contribution in [1.82, 2.24) is 5.32 Å². The lowest BCUT2D eigenvalue weighted by molar-refractivity contribution is -0.117. The van der Waals surface area contributed by atoms with Gasteiger partial charge in [-0.05, 0) is 18.6 Å². The summed E-state index contributed by atoms with van der Waals surface area (Å²) < 4.78 is 4.93. The molecule has 6 heteroatoms. The number of urea groups is 1. The number of primary amides is 1. The molecule has 0 aliphatic carbocycles. The molecule has 0 saturated carbocycles. The smallest absolute Gasteiger partial charge is 0.319 e. The van der Waals surface area contributed by atoms with Crippen molar-refractivity contribution in [3.8, 4) is 0 Å². The van der Waals surface area contributed by atoms with Crippen LogP contribution in [0.25, 0.3) is 0 Å². The van der Waals surface area contributed by atoms with Crippen molar-refractivity contribution in [3.63, 3.8) is 0 Å². The molecule has 3 amide bonds. The number of anilines is 1. The molecular weight excluding hydrogens is 246 g/mol. The minimum absolute atomic E-state index is 0.0874. The zero-order valence-corrected chi connectivity index (χ0v) is 11.1. The number of ether oxygens (including phenoxy) is 1. The Morgan fingerprint density at radius 1 is 1.37 bits per heavy atom. The molecule has 0 aliphatic rings. The molecule has 19 heavy (non-hydrogen) atoms. The van der Waals surface area contributed by atoms with Gasteiger partial charge in [0.25, 0.3) is 0 Å². The number of methoxy groups -OCH3 is 1. The molecule has 0 aliphatic heterocycles. The second kappa shape index (κ2) is 7.38. The van der Waals surface area contributed by atoms with E-state index >= 15 is 0 Å². The van der Waals surface area contributed by atoms with Crippen LogP contribution in [0, 0.1) is 0 Å². The Balaban J connectivity index is 2.65. The van der Waals surface area contributed by atoms with E-state index in [0.29, 0.717) is 17.9 Å². The fraction of sp³-hybridized carbons (Fsp3) is 0.385. The minimum atomic E-state index is -0.442. The maximum Gasteiger partial charge on any atom is 0.319 e. The number of rotatable bonds is 6. The standard InChI is InChI=1S/C13H19N3O3/c1-9(8-19-2)15-13(18)16-11-6-4-3-5-10(11)7-12(14)17/h3-6,9H,7-8H2,1-2H3,(H2,14,17)(H2,15,16,18). The van der Waals surface area contributed by atoms with E-state index in [1.807, 2.05) is 6.92 Å². The zero-order chi connectivity index (χ0) is 14.3. The van der Waals surface area contributed by atoms with Crippen molar-refractivity contribution >= 4 is 17.6 Å². The molecule has 1 rings (SSSR count). The molecule has 1 atom stereocenters. The number of benzene rings is 1. The first kappa shape index (κ1) is 15.0. The Hall–Kier alpha value is -2.08. The van der Waals surface area contributed by atoms with Gasteiger partial charge in [0, 0.05) is 12.8 Å². The molecule has 0 radical (unpaired) electrons. The lowest BCUT2D eigenvalue weighted by Crippen LogP contribution is -2.38. The largest absolute Gasteiger partial charge is 0.383 e. The summed E-state index contributed by atoms with van der Waals surface area (Å²) in [6, 6.07) is 6.58. The van der Waals surface area contributed by atoms with E-state index < -0.39 is 5.91 Å². The van der Waals surface area contributed by atoms with Gasteiger partial charge < -0.3 is 21.1 Å². The predicted molar refractivity (Wildman–Crippen MR) is 72.8 cm³/mol. The molecule has 0 spiro atoms. The van der Waals surface area contributed by atoms with Crippen molar-refractivity contribution in [2.45, 2.75) is 19.4 Å². The lowest BCUT2D eigenvalue weighted by atomic mass is 10.1. The van der Waals surface area contributed by atoms with Gasteiger partial charge in [-0.25, -0.2) is 4.79 Å². The molecule has 0 fully saturated rings. The summed E-state index contributed by atoms with van der Waals surface area (Å²) in [6.45, 7) is 2.26. The van der Waals surface area contributed by atoms with Crippen LogP contribution in [0.1, 0.15) is 12.5 Å². The second-order valence-corrected chi connectivity index (χ2v) is 4.26. The van der Waals surface area contributed by atoms with Gasteiger partial charge in [-0.3, -0.25) is 4.79 Å². The molecule has 0 heterocycles. The molecule has 0 saturated heterocycles. The van der Waals surface area contributed by atoms with Crippen molar-refractivity contribution in [3.05, 3.63) is 29.8 Å². The maximum atomic E-state index is 11.7. The highest BCUT2D eigenvalue weighted by molar-refractivity contribution is 5.91. The molecule has 0 aromatic heterocycles. The van der Waals surface area contributed by atoms with Crippen molar-refractivity contribution in [1.29, 1.82) is 0 Å². The fourth-order valence-electron chi connectivity index (χ4n) is 1.66. The van der Waals surface area contributed by atoms with E-state index in [9.17, 15) is 9.59 Å². The van der Waals surface area contributed by atoms with Crippen LogP contribution in [0.4, 0.5) is 10.5 Å². The van der Waals surface area contributed by atoms with E-state index in [2.05, 4.69) is 10.6 Å². The van der Waals surface area contributed by atoms with Gasteiger partial charge in [0.15, 0.2) is 0 Å². The Morgan fingerprint density at radius 3 is 2.68 bits per heavy atom. The van der Waals surface area contributed by atoms with Crippen molar-refractivity contribution in [2.24, 2.45) is 5.73 Å². The first-order chi connectivity index (χ1) is 9.02. The average molecular weight is 265 g/mol. The molecule has 104 valence electrons. The van der Waals surface area contributed by atoms with Crippen LogP contribution in [-0.4, -0.2) is 31.7 Å². The summed E-state index contributed by atoms with van der Waals surface area (Å²) in [4.78, 5) is 22.7. The van der Waals surface area contributed by atoms with Gasteiger partial charge in [-0.15, -0.1) is 0 Å². The Labute approximate surface area is 112 Å². The number of hydrogen-bond acceptors (Lipinski definition) is 3. The van der Waals surface area contributed by atoms with Gasteiger partial charge in [0.1, 0.15) is 0 Å². The van der Waals surface area contributed by atoms with E-state index in [4.69, 9.17) is 10.5 Å². The maximum absolute atomic E-state index is 11.7. The van der Waals surface area contributed by atoms with Crippen LogP contribution >= 0.6 is 0 Å². The van der Waals surface area contributed by atoms with E-state index in [1.54, 1.807) is 31.4 Å². The Morgan fingerprint density at radius 2 is 2.05 bits per heavy atom. The molecule has 1 unspecified atom stereocenters. The summed E-state index contributed by atoms with van der Waals surface area (Å²) in [5.74, 6) is -0.442. The Kier molecular flexibility index (Phi) is 5.81. The number of carbonyl (C=O) groups excluding carboxylic acids is 2. The average Bonchev–Trinajstić information content (AvgIpc) is 2.31. The highest BCUT2D eigenvalue weighted by atomic mass is 16.5. The van der Waals surface area contributed by atoms with Crippen molar-refractivity contribution < 1.29 is 14.3 Å². The highest BCUT2D eigenvalue weighted by Gasteiger charge is 2.10. The van der Waals surface area contributed by atoms with Gasteiger partial charge in [-0.1, -0.05) is 18.2 Å². The van der Waals surface area contributed by atoms with E-state index in [-0.39, 0.29) is 18.5 Å². The topological polar surface area (TPSA) is 93.4 Å². The van der Waals surface area contributed by atoms with Crippen LogP contribution in [0.2, 0.25) is 0 Å². The first-order valence-corrected chi connectivity index (χ1v) is 5.95. The molecule has 6 nitrogen and oxygen atoms in total. The summed E-state index contributed by atoms with van der Waals surface area (Å²) in [5.41, 5.74) is 6.42.